The third-order valence-electron chi connectivity index (χ3n) is 4.36. The van der Waals surface area contributed by atoms with Crippen molar-refractivity contribution in [1.29, 1.82) is 5.26 Å². The molecule has 2 aromatic heterocycles. The van der Waals surface area contributed by atoms with Crippen molar-refractivity contribution in [3.63, 3.8) is 0 Å². The van der Waals surface area contributed by atoms with Gasteiger partial charge in [-0.2, -0.15) is 5.26 Å². The second-order valence-electron chi connectivity index (χ2n) is 6.11. The Hall–Kier alpha value is -3.44. The normalized spacial score (nSPS) is 10.4. The highest BCUT2D eigenvalue weighted by atomic mass is 32.1. The maximum Gasteiger partial charge on any atom is 0.350 e. The van der Waals surface area contributed by atoms with Crippen LogP contribution in [0.4, 0.5) is 5.82 Å². The molecule has 7 nitrogen and oxygen atoms in total. The molecule has 1 N–H and O–H groups in total. The maximum absolute atomic E-state index is 12.4. The lowest BCUT2D eigenvalue weighted by Gasteiger charge is -2.13. The van der Waals surface area contributed by atoms with Gasteiger partial charge in [0.2, 0.25) is 0 Å². The van der Waals surface area contributed by atoms with Crippen molar-refractivity contribution in [2.75, 3.05) is 11.9 Å². The number of hydrogen-bond donors (Lipinski definition) is 1. The average Bonchev–Trinajstić information content (AvgIpc) is 3.22. The highest BCUT2D eigenvalue weighted by Crippen LogP contribution is 2.29. The first-order chi connectivity index (χ1) is 13.4. The Kier molecular flexibility index (Phi) is 5.57. The van der Waals surface area contributed by atoms with Crippen LogP contribution in [0.5, 0.6) is 0 Å². The fourth-order valence-corrected chi connectivity index (χ4v) is 3.52. The first-order valence-electron chi connectivity index (χ1n) is 8.48. The Morgan fingerprint density at radius 2 is 1.96 bits per heavy atom. The van der Waals surface area contributed by atoms with Gasteiger partial charge in [0.05, 0.1) is 16.8 Å². The molecule has 2 heterocycles. The zero-order valence-electron chi connectivity index (χ0n) is 15.6. The lowest BCUT2D eigenvalue weighted by atomic mass is 10.2. The largest absolute Gasteiger partial charge is 0.451 e. The van der Waals surface area contributed by atoms with E-state index in [0.717, 1.165) is 28.3 Å². The molecule has 0 aliphatic carbocycles. The number of carbonyl (C=O) groups is 2. The molecule has 0 aliphatic heterocycles. The van der Waals surface area contributed by atoms with E-state index < -0.39 is 18.5 Å². The van der Waals surface area contributed by atoms with Gasteiger partial charge in [0.15, 0.2) is 6.61 Å². The van der Waals surface area contributed by atoms with Crippen molar-refractivity contribution in [3.05, 3.63) is 63.2 Å². The summed E-state index contributed by atoms with van der Waals surface area (Å²) < 4.78 is 6.89. The third kappa shape index (κ3) is 3.66. The van der Waals surface area contributed by atoms with Crippen molar-refractivity contribution in [2.24, 2.45) is 0 Å². The van der Waals surface area contributed by atoms with Gasteiger partial charge >= 0.3 is 5.97 Å². The molecule has 28 heavy (non-hydrogen) atoms. The van der Waals surface area contributed by atoms with E-state index >= 15 is 0 Å². The Labute approximate surface area is 166 Å². The number of amides is 1. The molecule has 3 rings (SSSR count). The molecule has 8 heteroatoms. The summed E-state index contributed by atoms with van der Waals surface area (Å²) in [5, 5.41) is 12.3. The Morgan fingerprint density at radius 3 is 2.57 bits per heavy atom. The number of anilines is 1. The lowest BCUT2D eigenvalue weighted by Crippen LogP contribution is -2.22. The van der Waals surface area contributed by atoms with Crippen molar-refractivity contribution in [2.45, 2.75) is 20.8 Å². The topological polar surface area (TPSA) is 97.0 Å². The van der Waals surface area contributed by atoms with Crippen molar-refractivity contribution in [3.8, 4) is 11.8 Å². The third-order valence-corrected chi connectivity index (χ3v) is 5.27. The van der Waals surface area contributed by atoms with E-state index in [-0.39, 0.29) is 0 Å². The number of benzene rings is 1. The van der Waals surface area contributed by atoms with Gasteiger partial charge in [-0.05, 0) is 38.5 Å². The SMILES string of the molecule is Cc1ncsc1C(=O)OCC(=O)Nc1c(C#N)c(C)c(C)n1-c1ccccc1. The van der Waals surface area contributed by atoms with Gasteiger partial charge in [-0.1, -0.05) is 18.2 Å². The quantitative estimate of drug-likeness (QED) is 0.668. The smallest absolute Gasteiger partial charge is 0.350 e. The van der Waals surface area contributed by atoms with Gasteiger partial charge < -0.3 is 10.1 Å². The fourth-order valence-electron chi connectivity index (χ4n) is 2.82. The minimum Gasteiger partial charge on any atom is -0.451 e. The average molecular weight is 394 g/mol. The van der Waals surface area contributed by atoms with Gasteiger partial charge in [-0.15, -0.1) is 11.3 Å². The molecule has 0 aliphatic rings. The van der Waals surface area contributed by atoms with Crippen LogP contribution in [-0.4, -0.2) is 28.0 Å². The minimum absolute atomic E-state index is 0.360. The van der Waals surface area contributed by atoms with Crippen molar-refractivity contribution in [1.82, 2.24) is 9.55 Å². The first kappa shape index (κ1) is 19.3. The summed E-state index contributed by atoms with van der Waals surface area (Å²) in [4.78, 5) is 28.8. The summed E-state index contributed by atoms with van der Waals surface area (Å²) in [7, 11) is 0. The Balaban J connectivity index is 1.83. The van der Waals surface area contributed by atoms with Gasteiger partial charge in [-0.25, -0.2) is 9.78 Å². The van der Waals surface area contributed by atoms with E-state index in [1.54, 1.807) is 17.0 Å². The molecule has 1 amide bonds. The molecule has 0 saturated carbocycles. The van der Waals surface area contributed by atoms with Crippen LogP contribution >= 0.6 is 11.3 Å². The number of aromatic nitrogens is 2. The highest BCUT2D eigenvalue weighted by Gasteiger charge is 2.21. The molecule has 0 fully saturated rings. The summed E-state index contributed by atoms with van der Waals surface area (Å²) in [5.41, 5.74) is 4.92. The van der Waals surface area contributed by atoms with E-state index in [4.69, 9.17) is 4.74 Å². The maximum atomic E-state index is 12.4. The molecular weight excluding hydrogens is 376 g/mol. The number of nitrogens with zero attached hydrogens (tertiary/aromatic N) is 3. The molecule has 0 bridgehead atoms. The van der Waals surface area contributed by atoms with Gasteiger partial charge in [0.25, 0.3) is 5.91 Å². The van der Waals surface area contributed by atoms with Crippen LogP contribution in [0, 0.1) is 32.1 Å². The molecule has 0 radical (unpaired) electrons. The summed E-state index contributed by atoms with van der Waals surface area (Å²) in [6.07, 6.45) is 0. The zero-order valence-corrected chi connectivity index (χ0v) is 16.5. The summed E-state index contributed by atoms with van der Waals surface area (Å²) in [6.45, 7) is 4.95. The predicted molar refractivity (Wildman–Crippen MR) is 106 cm³/mol. The number of hydrogen-bond acceptors (Lipinski definition) is 6. The minimum atomic E-state index is -0.596. The first-order valence-corrected chi connectivity index (χ1v) is 9.36. The van der Waals surface area contributed by atoms with Crippen molar-refractivity contribution < 1.29 is 14.3 Å². The zero-order chi connectivity index (χ0) is 20.3. The van der Waals surface area contributed by atoms with Crippen LogP contribution in [0.15, 0.2) is 35.8 Å². The number of rotatable bonds is 5. The second kappa shape index (κ2) is 8.06. The molecule has 0 unspecified atom stereocenters. The lowest BCUT2D eigenvalue weighted by molar-refractivity contribution is -0.119. The second-order valence-corrected chi connectivity index (χ2v) is 6.96. The number of thiazole rings is 1. The van der Waals surface area contributed by atoms with Gasteiger partial charge in [0.1, 0.15) is 16.8 Å². The van der Waals surface area contributed by atoms with Gasteiger partial charge in [-0.3, -0.25) is 9.36 Å². The van der Waals surface area contributed by atoms with Crippen LogP contribution in [0.1, 0.15) is 32.2 Å². The molecule has 0 saturated heterocycles. The number of para-hydroxylation sites is 1. The van der Waals surface area contributed by atoms with Gasteiger partial charge in [0, 0.05) is 11.4 Å². The van der Waals surface area contributed by atoms with Crippen LogP contribution in [0.2, 0.25) is 0 Å². The number of carbonyl (C=O) groups excluding carboxylic acids is 2. The van der Waals surface area contributed by atoms with E-state index in [2.05, 4.69) is 16.4 Å². The summed E-state index contributed by atoms with van der Waals surface area (Å²) >= 11 is 1.16. The molecule has 142 valence electrons. The van der Waals surface area contributed by atoms with Crippen LogP contribution in [-0.2, 0) is 9.53 Å². The fraction of sp³-hybridized carbons (Fsp3) is 0.200. The summed E-state index contributed by atoms with van der Waals surface area (Å²) in [6, 6.07) is 11.6. The predicted octanol–water partition coefficient (Wildman–Crippen LogP) is 3.53. The molecule has 0 atom stereocenters. The molecule has 1 aromatic carbocycles. The molecular formula is C20H18N4O3S. The Bertz CT molecular complexity index is 1080. The number of esters is 1. The van der Waals surface area contributed by atoms with Crippen LogP contribution in [0.3, 0.4) is 0 Å². The monoisotopic (exact) mass is 394 g/mol. The van der Waals surface area contributed by atoms with Crippen LogP contribution in [0.25, 0.3) is 5.69 Å². The Morgan fingerprint density at radius 1 is 1.25 bits per heavy atom. The number of nitriles is 1. The van der Waals surface area contributed by atoms with Crippen LogP contribution < -0.4 is 5.32 Å². The van der Waals surface area contributed by atoms with E-state index in [0.29, 0.717) is 22.0 Å². The van der Waals surface area contributed by atoms with Crippen molar-refractivity contribution >= 4 is 29.0 Å². The number of nitrogens with one attached hydrogen (secondary N) is 1. The van der Waals surface area contributed by atoms with E-state index in [1.165, 1.54) is 0 Å². The summed E-state index contributed by atoms with van der Waals surface area (Å²) in [5.74, 6) is -0.762. The standard InChI is InChI=1S/C20H18N4O3S/c1-12-14(3)24(15-7-5-4-6-8-15)19(16(12)9-21)23-17(25)10-27-20(26)18-13(2)22-11-28-18/h4-8,11H,10H2,1-3H3,(H,23,25). The van der Waals surface area contributed by atoms with E-state index in [9.17, 15) is 14.9 Å². The molecule has 3 aromatic rings. The number of aryl methyl sites for hydroxylation is 1. The number of ether oxygens (including phenoxy) is 1. The highest BCUT2D eigenvalue weighted by molar-refractivity contribution is 7.11. The molecule has 0 spiro atoms. The van der Waals surface area contributed by atoms with E-state index in [1.807, 2.05) is 44.2 Å².